The van der Waals surface area contributed by atoms with Crippen LogP contribution in [0.3, 0.4) is 0 Å². The second-order valence-corrected chi connectivity index (χ2v) is 11.5. The van der Waals surface area contributed by atoms with E-state index in [0.717, 1.165) is 0 Å². The molecule has 16 heavy (non-hydrogen) atoms. The fourth-order valence-electron chi connectivity index (χ4n) is 0.599. The van der Waals surface area contributed by atoms with E-state index in [1.165, 1.54) is 6.92 Å². The van der Waals surface area contributed by atoms with E-state index in [0.29, 0.717) is 13.3 Å². The van der Waals surface area contributed by atoms with Gasteiger partial charge in [0.15, 0.2) is 7.14 Å². The minimum atomic E-state index is -5.64. The van der Waals surface area contributed by atoms with Gasteiger partial charge in [0.1, 0.15) is 0 Å². The van der Waals surface area contributed by atoms with Crippen LogP contribution >= 0.6 is 22.0 Å². The SMILES string of the molecule is [B-]P(=O)(CC)OP(=O)(O)C(F)(F)P(C)(C)=O. The summed E-state index contributed by atoms with van der Waals surface area (Å²) in [4.78, 5) is 9.00. The number of rotatable bonds is 5. The fraction of sp³-hybridized carbons (Fsp3) is 1.00. The highest BCUT2D eigenvalue weighted by atomic mass is 31.3. The highest BCUT2D eigenvalue weighted by Gasteiger charge is 2.60. The zero-order valence-electron chi connectivity index (χ0n) is 8.96. The first-order valence-corrected chi connectivity index (χ1v) is 10.2. The van der Waals surface area contributed by atoms with Gasteiger partial charge in [0.25, 0.3) is 0 Å². The van der Waals surface area contributed by atoms with Crippen LogP contribution in [0, 0.1) is 0 Å². The fourth-order valence-corrected chi connectivity index (χ4v) is 5.72. The predicted octanol–water partition coefficient (Wildman–Crippen LogP) is 2.74. The van der Waals surface area contributed by atoms with Gasteiger partial charge in [-0.1, -0.05) is 6.92 Å². The van der Waals surface area contributed by atoms with Gasteiger partial charge < -0.3 is 21.6 Å². The highest BCUT2D eigenvalue weighted by Crippen LogP contribution is 2.77. The van der Waals surface area contributed by atoms with Crippen LogP contribution in [0.2, 0.25) is 0 Å². The van der Waals surface area contributed by atoms with E-state index in [9.17, 15) is 22.5 Å². The van der Waals surface area contributed by atoms with Crippen LogP contribution < -0.4 is 0 Å². The molecule has 0 aromatic heterocycles. The lowest BCUT2D eigenvalue weighted by atomic mass is 10.8. The Kier molecular flexibility index (Phi) is 4.82. The summed E-state index contributed by atoms with van der Waals surface area (Å²) < 4.78 is 64.0. The molecule has 0 fully saturated rings. The van der Waals surface area contributed by atoms with Crippen LogP contribution in [0.15, 0.2) is 0 Å². The Morgan fingerprint density at radius 2 is 1.69 bits per heavy atom. The van der Waals surface area contributed by atoms with Crippen LogP contribution in [-0.4, -0.2) is 37.4 Å². The van der Waals surface area contributed by atoms with Crippen molar-refractivity contribution in [2.24, 2.45) is 0 Å². The predicted molar refractivity (Wildman–Crippen MR) is 59.2 cm³/mol. The third kappa shape index (κ3) is 3.51. The first kappa shape index (κ1) is 16.5. The molecule has 0 saturated heterocycles. The maximum atomic E-state index is 13.3. The Balaban J connectivity index is 5.32. The third-order valence-electron chi connectivity index (χ3n) is 1.68. The van der Waals surface area contributed by atoms with E-state index < -0.39 is 27.4 Å². The molecule has 11 heteroatoms. The molecule has 0 amide bonds. The maximum Gasteiger partial charge on any atom is 0.407 e. The summed E-state index contributed by atoms with van der Waals surface area (Å²) in [5.74, 6) is 0. The molecule has 95 valence electrons. The topological polar surface area (TPSA) is 80.7 Å². The Bertz CT molecular complexity index is 405. The smallest absolute Gasteiger partial charge is 0.407 e. The van der Waals surface area contributed by atoms with Gasteiger partial charge in [-0.3, -0.25) is 8.88 Å². The molecular weight excluding hydrogens is 282 g/mol. The normalized spacial score (nSPS) is 21.2. The van der Waals surface area contributed by atoms with E-state index in [2.05, 4.69) is 4.31 Å². The minimum Gasteiger partial charge on any atom is -0.483 e. The number of alkyl halides is 2. The largest absolute Gasteiger partial charge is 0.483 e. The van der Waals surface area contributed by atoms with Gasteiger partial charge in [-0.05, 0) is 26.7 Å². The van der Waals surface area contributed by atoms with E-state index in [1.54, 1.807) is 0 Å². The van der Waals surface area contributed by atoms with Gasteiger partial charge in [0, 0.05) is 0 Å². The van der Waals surface area contributed by atoms with E-state index >= 15 is 0 Å². The molecule has 0 aliphatic carbocycles. The number of halogens is 2. The average Bonchev–Trinajstić information content (AvgIpc) is 2.00. The van der Waals surface area contributed by atoms with Crippen molar-refractivity contribution in [3.05, 3.63) is 0 Å². The molecule has 0 aromatic carbocycles. The molecule has 5 nitrogen and oxygen atoms in total. The summed E-state index contributed by atoms with van der Waals surface area (Å²) in [5.41, 5.74) is 0. The van der Waals surface area contributed by atoms with Gasteiger partial charge in [-0.2, -0.15) is 8.78 Å². The van der Waals surface area contributed by atoms with Gasteiger partial charge in [0.2, 0.25) is 0 Å². The first-order chi connectivity index (χ1) is 6.77. The lowest BCUT2D eigenvalue weighted by molar-refractivity contribution is 0.142. The molecule has 2 atom stereocenters. The first-order valence-electron chi connectivity index (χ1n) is 4.11. The van der Waals surface area contributed by atoms with Crippen LogP contribution in [0.4, 0.5) is 8.78 Å². The Morgan fingerprint density at radius 1 is 1.31 bits per heavy atom. The van der Waals surface area contributed by atoms with E-state index in [-0.39, 0.29) is 6.16 Å². The van der Waals surface area contributed by atoms with Crippen molar-refractivity contribution in [2.45, 2.75) is 12.3 Å². The third-order valence-corrected chi connectivity index (χ3v) is 8.73. The molecule has 2 unspecified atom stereocenters. The molecule has 0 aliphatic rings. The van der Waals surface area contributed by atoms with Crippen molar-refractivity contribution < 1.29 is 31.7 Å². The quantitative estimate of drug-likeness (QED) is 0.623. The molecule has 0 bridgehead atoms. The van der Waals surface area contributed by atoms with Crippen molar-refractivity contribution >= 4 is 29.6 Å². The maximum absolute atomic E-state index is 13.3. The van der Waals surface area contributed by atoms with Gasteiger partial charge in [-0.15, -0.1) is 0 Å². The van der Waals surface area contributed by atoms with Gasteiger partial charge in [-0.25, -0.2) is 0 Å². The molecule has 0 heterocycles. The Labute approximate surface area is 93.7 Å². The summed E-state index contributed by atoms with van der Waals surface area (Å²) in [6.07, 6.45) is -0.384. The molecule has 0 aromatic rings. The zero-order chi connectivity index (χ0) is 13.4. The van der Waals surface area contributed by atoms with Crippen molar-refractivity contribution in [1.29, 1.82) is 0 Å². The van der Waals surface area contributed by atoms with Crippen molar-refractivity contribution in [1.82, 2.24) is 0 Å². The summed E-state index contributed by atoms with van der Waals surface area (Å²) in [6, 6.07) is 0. The Morgan fingerprint density at radius 3 is 1.94 bits per heavy atom. The van der Waals surface area contributed by atoms with Crippen LogP contribution in [-0.2, 0) is 18.0 Å². The van der Waals surface area contributed by atoms with E-state index in [4.69, 9.17) is 12.5 Å². The lowest BCUT2D eigenvalue weighted by Crippen LogP contribution is -2.17. The number of hydrogen-bond donors (Lipinski definition) is 1. The molecule has 0 spiro atoms. The second kappa shape index (κ2) is 4.66. The molecule has 0 aliphatic heterocycles. The standard InChI is InChI=1S/C5H12BF2O5P3/c1-4-15(6,10)13-16(11,12)5(7,8)14(2,3)9/h4H2,1-3H3,(H,11,12)/q-1. The molecule has 0 saturated carbocycles. The summed E-state index contributed by atoms with van der Waals surface area (Å²) >= 11 is 0. The van der Waals surface area contributed by atoms with Crippen LogP contribution in [0.5, 0.6) is 0 Å². The lowest BCUT2D eigenvalue weighted by Gasteiger charge is -2.32. The second-order valence-electron chi connectivity index (χ2n) is 3.50. The van der Waals surface area contributed by atoms with Crippen molar-refractivity contribution in [2.75, 3.05) is 19.5 Å². The summed E-state index contributed by atoms with van der Waals surface area (Å²) in [5, 5.41) is -4.47. The molecular formula is C5H12BF2O5P3-. The highest BCUT2D eigenvalue weighted by molar-refractivity contribution is 7.89. The molecule has 0 rings (SSSR count). The number of hydrogen-bond acceptors (Lipinski definition) is 4. The Hall–Kier alpha value is 0.535. The summed E-state index contributed by atoms with van der Waals surface area (Å²) in [7, 11) is -9.03. The summed E-state index contributed by atoms with van der Waals surface area (Å²) in [6.45, 7) is 2.51. The molecule has 1 N–H and O–H groups in total. The van der Waals surface area contributed by atoms with Gasteiger partial charge in [0.05, 0.1) is 0 Å². The minimum absolute atomic E-state index is 0.384. The van der Waals surface area contributed by atoms with Crippen LogP contribution in [0.1, 0.15) is 6.92 Å². The van der Waals surface area contributed by atoms with Crippen molar-refractivity contribution in [3.8, 4) is 0 Å². The van der Waals surface area contributed by atoms with E-state index in [1.807, 2.05) is 0 Å². The monoisotopic (exact) mass is 294 g/mol. The average molecular weight is 294 g/mol. The zero-order valence-corrected chi connectivity index (χ0v) is 11.6. The molecule has 3 radical (unpaired) electrons. The van der Waals surface area contributed by atoms with Crippen LogP contribution in [0.25, 0.3) is 0 Å². The van der Waals surface area contributed by atoms with Crippen molar-refractivity contribution in [3.63, 3.8) is 0 Å². The van der Waals surface area contributed by atoms with Gasteiger partial charge >= 0.3 is 13.0 Å².